The summed E-state index contributed by atoms with van der Waals surface area (Å²) in [6.45, 7) is 6.74. The molecule has 0 spiro atoms. The molecule has 2 aromatic carbocycles. The minimum absolute atomic E-state index is 0.0174. The Kier molecular flexibility index (Phi) is 9.19. The molecule has 4 aromatic rings. The van der Waals surface area contributed by atoms with Crippen molar-refractivity contribution in [3.8, 4) is 35.4 Å². The number of aromatic nitrogens is 3. The number of fused-ring (bicyclic) bond motifs is 3. The fourth-order valence-electron chi connectivity index (χ4n) is 8.93. The summed E-state index contributed by atoms with van der Waals surface area (Å²) in [6.07, 6.45) is 15.8. The van der Waals surface area contributed by atoms with Crippen molar-refractivity contribution in [2.24, 2.45) is 11.3 Å². The predicted octanol–water partition coefficient (Wildman–Crippen LogP) is 6.48. The van der Waals surface area contributed by atoms with Crippen LogP contribution in [0.2, 0.25) is 0 Å². The van der Waals surface area contributed by atoms with Gasteiger partial charge in [-0.05, 0) is 81.0 Å². The van der Waals surface area contributed by atoms with Crippen LogP contribution >= 0.6 is 0 Å². The van der Waals surface area contributed by atoms with E-state index in [9.17, 15) is 9.50 Å². The molecule has 4 aliphatic rings. The molecule has 0 unspecified atom stereocenters. The standard InChI is InChI=1S/C39H43F2N5O4/c1-2-28-31(40)8-7-26-20-27(47)21-29(33(26)28)35-34(41)36-30(22-42-35)37(45-14-5-16-48-19-15-45)44-38(43-36)50-24-39-11-3-6-32(39)46(13-4-12-39)23-25-9-17-49-18-10-25/h1,7-8,20-22,25,32,47H,3-6,9-19,23-24H2/t32-,39-/m1/s1. The molecule has 262 valence electrons. The first-order chi connectivity index (χ1) is 24.4. The van der Waals surface area contributed by atoms with E-state index in [-0.39, 0.29) is 39.5 Å². The van der Waals surface area contributed by atoms with Crippen molar-refractivity contribution in [1.82, 2.24) is 19.9 Å². The topological polar surface area (TPSA) is 93.1 Å². The van der Waals surface area contributed by atoms with Crippen LogP contribution in [0, 0.1) is 35.3 Å². The third kappa shape index (κ3) is 6.12. The number of rotatable bonds is 7. The number of halogens is 2. The lowest BCUT2D eigenvalue weighted by Crippen LogP contribution is -2.53. The Morgan fingerprint density at radius 1 is 0.980 bits per heavy atom. The maximum atomic E-state index is 16.9. The second kappa shape index (κ2) is 13.9. The summed E-state index contributed by atoms with van der Waals surface area (Å²) in [4.78, 5) is 18.9. The number of nitrogens with zero attached hydrogens (tertiary/aromatic N) is 5. The SMILES string of the molecule is C#Cc1c(F)ccc2cc(O)cc(-c3ncc4c(N5CCCOCC5)nc(OC[C@]56CCC[C@H]5N(CC5CCOCC5)CCC6)nc4c3F)c12. The van der Waals surface area contributed by atoms with Crippen molar-refractivity contribution in [2.75, 3.05) is 64.1 Å². The average Bonchev–Trinajstić information content (AvgIpc) is 3.38. The number of benzene rings is 2. The van der Waals surface area contributed by atoms with Gasteiger partial charge in [0.2, 0.25) is 0 Å². The zero-order valence-corrected chi connectivity index (χ0v) is 28.3. The lowest BCUT2D eigenvalue weighted by molar-refractivity contribution is -0.0203. The van der Waals surface area contributed by atoms with Crippen LogP contribution in [-0.4, -0.2) is 90.2 Å². The van der Waals surface area contributed by atoms with Gasteiger partial charge in [-0.15, -0.1) is 6.42 Å². The zero-order valence-electron chi connectivity index (χ0n) is 28.3. The van der Waals surface area contributed by atoms with E-state index in [0.717, 1.165) is 77.7 Å². The number of pyridine rings is 1. The molecule has 1 N–H and O–H groups in total. The molecule has 5 heterocycles. The number of piperidine rings is 1. The van der Waals surface area contributed by atoms with E-state index in [1.54, 1.807) is 6.20 Å². The van der Waals surface area contributed by atoms with E-state index in [0.29, 0.717) is 66.8 Å². The number of aromatic hydroxyl groups is 1. The zero-order chi connectivity index (χ0) is 34.2. The lowest BCUT2D eigenvalue weighted by atomic mass is 9.75. The van der Waals surface area contributed by atoms with E-state index >= 15 is 4.39 Å². The van der Waals surface area contributed by atoms with Gasteiger partial charge >= 0.3 is 6.01 Å². The van der Waals surface area contributed by atoms with Gasteiger partial charge in [0.1, 0.15) is 28.6 Å². The summed E-state index contributed by atoms with van der Waals surface area (Å²) in [5.41, 5.74) is 0.0780. The first-order valence-electron chi connectivity index (χ1n) is 18.0. The monoisotopic (exact) mass is 683 g/mol. The molecule has 4 fully saturated rings. The van der Waals surface area contributed by atoms with Crippen LogP contribution in [0.3, 0.4) is 0 Å². The number of hydrogen-bond donors (Lipinski definition) is 1. The molecule has 3 saturated heterocycles. The van der Waals surface area contributed by atoms with Gasteiger partial charge in [0.05, 0.1) is 24.2 Å². The summed E-state index contributed by atoms with van der Waals surface area (Å²) in [5.74, 6) is 2.14. The van der Waals surface area contributed by atoms with Gasteiger partial charge in [-0.3, -0.25) is 9.88 Å². The number of likely N-dealkylation sites (tertiary alicyclic amines) is 1. The number of anilines is 1. The fraction of sp³-hybridized carbons (Fsp3) is 0.513. The van der Waals surface area contributed by atoms with Gasteiger partial charge in [0.25, 0.3) is 0 Å². The minimum atomic E-state index is -0.724. The molecule has 8 rings (SSSR count). The maximum absolute atomic E-state index is 16.9. The van der Waals surface area contributed by atoms with E-state index in [1.165, 1.54) is 24.3 Å². The largest absolute Gasteiger partial charge is 0.508 e. The Morgan fingerprint density at radius 3 is 2.68 bits per heavy atom. The molecule has 0 radical (unpaired) electrons. The first kappa shape index (κ1) is 33.1. The van der Waals surface area contributed by atoms with Crippen LogP contribution in [0.25, 0.3) is 32.9 Å². The normalized spacial score (nSPS) is 23.5. The minimum Gasteiger partial charge on any atom is -0.508 e. The van der Waals surface area contributed by atoms with Crippen molar-refractivity contribution >= 4 is 27.5 Å². The van der Waals surface area contributed by atoms with Crippen LogP contribution in [0.1, 0.15) is 56.9 Å². The van der Waals surface area contributed by atoms with Crippen molar-refractivity contribution in [3.63, 3.8) is 0 Å². The van der Waals surface area contributed by atoms with Crippen LogP contribution in [0.4, 0.5) is 14.6 Å². The molecular formula is C39H43F2N5O4. The highest BCUT2D eigenvalue weighted by atomic mass is 19.1. The summed E-state index contributed by atoms with van der Waals surface area (Å²) >= 11 is 0. The molecule has 2 atom stereocenters. The van der Waals surface area contributed by atoms with Gasteiger partial charge in [-0.2, -0.15) is 9.97 Å². The van der Waals surface area contributed by atoms with Gasteiger partial charge in [-0.25, -0.2) is 8.78 Å². The highest BCUT2D eigenvalue weighted by Gasteiger charge is 2.49. The molecule has 0 bridgehead atoms. The second-order valence-electron chi connectivity index (χ2n) is 14.3. The second-order valence-corrected chi connectivity index (χ2v) is 14.3. The fourth-order valence-corrected chi connectivity index (χ4v) is 8.93. The summed E-state index contributed by atoms with van der Waals surface area (Å²) in [7, 11) is 0. The Hall–Kier alpha value is -4.11. The summed E-state index contributed by atoms with van der Waals surface area (Å²) in [6, 6.07) is 6.12. The van der Waals surface area contributed by atoms with E-state index < -0.39 is 11.6 Å². The molecule has 1 aliphatic carbocycles. The first-order valence-corrected chi connectivity index (χ1v) is 18.0. The van der Waals surface area contributed by atoms with E-state index in [1.807, 2.05) is 0 Å². The molecule has 50 heavy (non-hydrogen) atoms. The number of hydrogen-bond acceptors (Lipinski definition) is 9. The number of phenols is 1. The molecule has 9 nitrogen and oxygen atoms in total. The number of terminal acetylenes is 1. The Balaban J connectivity index is 1.18. The van der Waals surface area contributed by atoms with Crippen molar-refractivity contribution in [2.45, 2.75) is 57.4 Å². The summed E-state index contributed by atoms with van der Waals surface area (Å²) in [5, 5.41) is 11.8. The predicted molar refractivity (Wildman–Crippen MR) is 187 cm³/mol. The summed E-state index contributed by atoms with van der Waals surface area (Å²) < 4.78 is 49.8. The maximum Gasteiger partial charge on any atom is 0.319 e. The third-order valence-corrected chi connectivity index (χ3v) is 11.4. The van der Waals surface area contributed by atoms with Gasteiger partial charge in [0, 0.05) is 68.1 Å². The Bertz CT molecular complexity index is 1940. The van der Waals surface area contributed by atoms with Gasteiger partial charge in [-0.1, -0.05) is 18.4 Å². The van der Waals surface area contributed by atoms with Gasteiger partial charge < -0.3 is 24.2 Å². The Morgan fingerprint density at radius 2 is 1.82 bits per heavy atom. The molecule has 0 amide bonds. The highest BCUT2D eigenvalue weighted by molar-refractivity contribution is 6.03. The molecular weight excluding hydrogens is 640 g/mol. The molecule has 3 aliphatic heterocycles. The molecule has 11 heteroatoms. The average molecular weight is 684 g/mol. The number of ether oxygens (including phenoxy) is 3. The van der Waals surface area contributed by atoms with Crippen LogP contribution in [0.15, 0.2) is 30.5 Å². The third-order valence-electron chi connectivity index (χ3n) is 11.4. The van der Waals surface area contributed by atoms with Crippen LogP contribution in [0.5, 0.6) is 11.8 Å². The Labute approximate surface area is 291 Å². The van der Waals surface area contributed by atoms with Crippen molar-refractivity contribution in [3.05, 3.63) is 47.7 Å². The lowest BCUT2D eigenvalue weighted by Gasteiger charge is -2.47. The van der Waals surface area contributed by atoms with Crippen molar-refractivity contribution < 1.29 is 28.1 Å². The number of phenolic OH excluding ortho intramolecular Hbond substituents is 1. The smallest absolute Gasteiger partial charge is 0.319 e. The van der Waals surface area contributed by atoms with Crippen LogP contribution in [-0.2, 0) is 9.47 Å². The quantitative estimate of drug-likeness (QED) is 0.220. The molecule has 1 saturated carbocycles. The highest BCUT2D eigenvalue weighted by Crippen LogP contribution is 2.48. The van der Waals surface area contributed by atoms with Crippen molar-refractivity contribution in [1.29, 1.82) is 0 Å². The van der Waals surface area contributed by atoms with Gasteiger partial charge in [0.15, 0.2) is 5.82 Å². The van der Waals surface area contributed by atoms with E-state index in [2.05, 4.69) is 20.7 Å². The molecule has 2 aromatic heterocycles. The van der Waals surface area contributed by atoms with Crippen LogP contribution < -0.4 is 9.64 Å². The van der Waals surface area contributed by atoms with E-state index in [4.69, 9.17) is 30.6 Å².